The lowest BCUT2D eigenvalue weighted by Crippen LogP contribution is -2.26. The third kappa shape index (κ3) is 2.21. The van der Waals surface area contributed by atoms with Crippen LogP contribution in [0.3, 0.4) is 0 Å². The number of hydrogen-bond acceptors (Lipinski definition) is 3. The molecular weight excluding hydrogens is 312 g/mol. The molecule has 1 amide bonds. The molecule has 0 radical (unpaired) electrons. The summed E-state index contributed by atoms with van der Waals surface area (Å²) >= 11 is 5.11. The summed E-state index contributed by atoms with van der Waals surface area (Å²) in [6, 6.07) is 11.6. The van der Waals surface area contributed by atoms with Crippen molar-refractivity contribution < 1.29 is 4.79 Å². The number of benzene rings is 1. The van der Waals surface area contributed by atoms with Crippen molar-refractivity contribution in [3.05, 3.63) is 50.6 Å². The highest BCUT2D eigenvalue weighted by atomic mass is 79.9. The van der Waals surface area contributed by atoms with Crippen LogP contribution in [0.1, 0.15) is 16.5 Å². The quantitative estimate of drug-likeness (QED) is 0.910. The molecule has 92 valence electrons. The number of anilines is 1. The zero-order valence-corrected chi connectivity index (χ0v) is 11.8. The van der Waals surface area contributed by atoms with Gasteiger partial charge in [-0.05, 0) is 34.1 Å². The Morgan fingerprint density at radius 3 is 2.89 bits per heavy atom. The first-order valence-electron chi connectivity index (χ1n) is 5.61. The molecule has 1 unspecified atom stereocenters. The lowest BCUT2D eigenvalue weighted by atomic mass is 10.1. The molecule has 5 heteroatoms. The molecular formula is C13H11BrN2OS. The van der Waals surface area contributed by atoms with Crippen molar-refractivity contribution in [1.82, 2.24) is 5.32 Å². The number of amides is 1. The number of halogens is 1. The Morgan fingerprint density at radius 1 is 1.28 bits per heavy atom. The van der Waals surface area contributed by atoms with Gasteiger partial charge in [-0.25, -0.2) is 0 Å². The van der Waals surface area contributed by atoms with Crippen LogP contribution in [0.4, 0.5) is 5.69 Å². The second-order valence-corrected chi connectivity index (χ2v) is 6.64. The Labute approximate surface area is 117 Å². The minimum absolute atomic E-state index is 0.0202. The van der Waals surface area contributed by atoms with E-state index >= 15 is 0 Å². The molecule has 2 aromatic rings. The highest BCUT2D eigenvalue weighted by Crippen LogP contribution is 2.31. The number of carbonyl (C=O) groups excluding carboxylic acids is 1. The number of carbonyl (C=O) groups is 1. The fraction of sp³-hybridized carbons (Fsp3) is 0.154. The van der Waals surface area contributed by atoms with Crippen LogP contribution in [0.25, 0.3) is 0 Å². The van der Waals surface area contributed by atoms with Gasteiger partial charge in [0.2, 0.25) is 5.91 Å². The van der Waals surface area contributed by atoms with Gasteiger partial charge in [0.25, 0.3) is 0 Å². The van der Waals surface area contributed by atoms with E-state index < -0.39 is 0 Å². The highest BCUT2D eigenvalue weighted by Gasteiger charge is 2.29. The Morgan fingerprint density at radius 2 is 2.11 bits per heavy atom. The first-order chi connectivity index (χ1) is 8.74. The first-order valence-corrected chi connectivity index (χ1v) is 7.22. The van der Waals surface area contributed by atoms with Gasteiger partial charge in [-0.3, -0.25) is 10.1 Å². The molecule has 2 N–H and O–H groups in total. The van der Waals surface area contributed by atoms with Crippen molar-refractivity contribution >= 4 is 38.9 Å². The van der Waals surface area contributed by atoms with E-state index in [0.29, 0.717) is 6.54 Å². The van der Waals surface area contributed by atoms with E-state index in [9.17, 15) is 4.79 Å². The number of thiophene rings is 1. The maximum atomic E-state index is 11.9. The van der Waals surface area contributed by atoms with Gasteiger partial charge in [-0.15, -0.1) is 11.3 Å². The SMILES string of the molecule is O=C1Nc2ccccc2C1NCc1ccc(Br)s1. The lowest BCUT2D eigenvalue weighted by molar-refractivity contribution is -0.117. The third-order valence-electron chi connectivity index (χ3n) is 2.90. The van der Waals surface area contributed by atoms with Crippen molar-refractivity contribution in [2.75, 3.05) is 5.32 Å². The van der Waals surface area contributed by atoms with Gasteiger partial charge in [0.1, 0.15) is 6.04 Å². The van der Waals surface area contributed by atoms with Crippen LogP contribution in [-0.4, -0.2) is 5.91 Å². The van der Waals surface area contributed by atoms with E-state index in [1.807, 2.05) is 30.3 Å². The van der Waals surface area contributed by atoms with Crippen molar-refractivity contribution in [2.45, 2.75) is 12.6 Å². The van der Waals surface area contributed by atoms with Crippen LogP contribution >= 0.6 is 27.3 Å². The second kappa shape index (κ2) is 4.84. The van der Waals surface area contributed by atoms with E-state index in [1.165, 1.54) is 4.88 Å². The molecule has 1 aromatic heterocycles. The molecule has 18 heavy (non-hydrogen) atoms. The van der Waals surface area contributed by atoms with Gasteiger partial charge in [0.15, 0.2) is 0 Å². The van der Waals surface area contributed by atoms with Crippen molar-refractivity contribution in [3.63, 3.8) is 0 Å². The summed E-state index contributed by atoms with van der Waals surface area (Å²) in [7, 11) is 0. The maximum absolute atomic E-state index is 11.9. The molecule has 0 aliphatic carbocycles. The average Bonchev–Trinajstić information content (AvgIpc) is 2.90. The van der Waals surface area contributed by atoms with E-state index in [0.717, 1.165) is 15.0 Å². The first kappa shape index (κ1) is 11.9. The van der Waals surface area contributed by atoms with Gasteiger partial charge >= 0.3 is 0 Å². The minimum atomic E-state index is -0.248. The summed E-state index contributed by atoms with van der Waals surface area (Å²) in [5, 5.41) is 6.18. The van der Waals surface area contributed by atoms with Crippen LogP contribution in [0.5, 0.6) is 0 Å². The molecule has 0 fully saturated rings. The van der Waals surface area contributed by atoms with Gasteiger partial charge in [0, 0.05) is 22.7 Å². The molecule has 0 bridgehead atoms. The largest absolute Gasteiger partial charge is 0.324 e. The summed E-state index contributed by atoms with van der Waals surface area (Å²) in [5.74, 6) is 0.0202. The third-order valence-corrected chi connectivity index (χ3v) is 4.52. The second-order valence-electron chi connectivity index (χ2n) is 4.10. The van der Waals surface area contributed by atoms with E-state index in [4.69, 9.17) is 0 Å². The Hall–Kier alpha value is -1.17. The molecule has 3 rings (SSSR count). The normalized spacial score (nSPS) is 17.6. The maximum Gasteiger partial charge on any atom is 0.246 e. The number of para-hydroxylation sites is 1. The predicted octanol–water partition coefficient (Wildman–Crippen LogP) is 3.29. The average molecular weight is 323 g/mol. The Balaban J connectivity index is 1.75. The minimum Gasteiger partial charge on any atom is -0.324 e. The number of fused-ring (bicyclic) bond motifs is 1. The van der Waals surface area contributed by atoms with Gasteiger partial charge in [-0.1, -0.05) is 18.2 Å². The molecule has 0 spiro atoms. The molecule has 2 heterocycles. The molecule has 0 saturated heterocycles. The fourth-order valence-electron chi connectivity index (χ4n) is 2.06. The molecule has 1 atom stereocenters. The summed E-state index contributed by atoms with van der Waals surface area (Å²) < 4.78 is 1.11. The van der Waals surface area contributed by atoms with E-state index in [-0.39, 0.29) is 11.9 Å². The predicted molar refractivity (Wildman–Crippen MR) is 76.7 cm³/mol. The van der Waals surface area contributed by atoms with Crippen LogP contribution in [-0.2, 0) is 11.3 Å². The standard InChI is InChI=1S/C13H11BrN2OS/c14-11-6-5-8(18-11)7-15-12-9-3-1-2-4-10(9)16-13(12)17/h1-6,12,15H,7H2,(H,16,17). The van der Waals surface area contributed by atoms with Crippen LogP contribution in [0.2, 0.25) is 0 Å². The zero-order chi connectivity index (χ0) is 12.5. The van der Waals surface area contributed by atoms with Gasteiger partial charge < -0.3 is 5.32 Å². The molecule has 0 saturated carbocycles. The highest BCUT2D eigenvalue weighted by molar-refractivity contribution is 9.11. The van der Waals surface area contributed by atoms with Crippen molar-refractivity contribution in [3.8, 4) is 0 Å². The topological polar surface area (TPSA) is 41.1 Å². The summed E-state index contributed by atoms with van der Waals surface area (Å²) in [4.78, 5) is 13.1. The van der Waals surface area contributed by atoms with Crippen LogP contribution in [0.15, 0.2) is 40.2 Å². The number of hydrogen-bond donors (Lipinski definition) is 2. The number of nitrogens with one attached hydrogen (secondary N) is 2. The van der Waals surface area contributed by atoms with Crippen LogP contribution < -0.4 is 10.6 Å². The summed E-state index contributed by atoms with van der Waals surface area (Å²) in [6.45, 7) is 0.697. The van der Waals surface area contributed by atoms with Crippen molar-refractivity contribution in [2.24, 2.45) is 0 Å². The Bertz CT molecular complexity index is 596. The molecule has 3 nitrogen and oxygen atoms in total. The Kier molecular flexibility index (Phi) is 3.20. The van der Waals surface area contributed by atoms with Gasteiger partial charge in [0.05, 0.1) is 3.79 Å². The summed E-state index contributed by atoms with van der Waals surface area (Å²) in [5.41, 5.74) is 1.94. The smallest absolute Gasteiger partial charge is 0.246 e. The van der Waals surface area contributed by atoms with E-state index in [2.05, 4.69) is 32.6 Å². The number of rotatable bonds is 3. The lowest BCUT2D eigenvalue weighted by Gasteiger charge is -2.10. The van der Waals surface area contributed by atoms with E-state index in [1.54, 1.807) is 11.3 Å². The van der Waals surface area contributed by atoms with Gasteiger partial charge in [-0.2, -0.15) is 0 Å². The van der Waals surface area contributed by atoms with Crippen LogP contribution in [0, 0.1) is 0 Å². The molecule has 1 aliphatic rings. The monoisotopic (exact) mass is 322 g/mol. The molecule has 1 aromatic carbocycles. The fourth-order valence-corrected chi connectivity index (χ4v) is 3.49. The summed E-state index contributed by atoms with van der Waals surface area (Å²) in [6.07, 6.45) is 0. The van der Waals surface area contributed by atoms with Crippen molar-refractivity contribution in [1.29, 1.82) is 0 Å². The zero-order valence-electron chi connectivity index (χ0n) is 9.44. The molecule has 1 aliphatic heterocycles.